The number of rotatable bonds is 17. The van der Waals surface area contributed by atoms with Crippen LogP contribution in [0, 0.1) is 0 Å². The van der Waals surface area contributed by atoms with Crippen LogP contribution in [0.25, 0.3) is 0 Å². The van der Waals surface area contributed by atoms with Crippen molar-refractivity contribution in [1.82, 2.24) is 10.2 Å². The number of nitrogens with zero attached hydrogens (tertiary/aromatic N) is 1. The van der Waals surface area contributed by atoms with E-state index in [9.17, 15) is 14.4 Å². The number of carbonyl (C=O) groups excluding carboxylic acids is 3. The van der Waals surface area contributed by atoms with Gasteiger partial charge in [0.05, 0.1) is 11.6 Å². The van der Waals surface area contributed by atoms with Gasteiger partial charge in [-0.1, -0.05) is 59.6 Å². The van der Waals surface area contributed by atoms with Crippen LogP contribution in [-0.4, -0.2) is 67.6 Å². The van der Waals surface area contributed by atoms with Crippen LogP contribution < -0.4 is 14.8 Å². The van der Waals surface area contributed by atoms with Gasteiger partial charge in [-0.25, -0.2) is 4.79 Å². The molecule has 1 atom stereocenters. The molecule has 4 rings (SSSR count). The lowest BCUT2D eigenvalue weighted by Crippen LogP contribution is -2.45. The molecule has 10 heteroatoms. The van der Waals surface area contributed by atoms with Crippen LogP contribution in [0.4, 0.5) is 0 Å². The number of benzene rings is 4. The van der Waals surface area contributed by atoms with E-state index in [-0.39, 0.29) is 19.1 Å². The molecule has 0 saturated carbocycles. The maximum atomic E-state index is 12.3. The molecule has 4 aromatic carbocycles. The van der Waals surface area contributed by atoms with Crippen molar-refractivity contribution in [3.8, 4) is 11.5 Å². The highest BCUT2D eigenvalue weighted by atomic mass is 35.5. The Hall–Kier alpha value is -4.37. The van der Waals surface area contributed by atoms with Gasteiger partial charge < -0.3 is 24.4 Å². The number of carbonyl (C=O) groups is 3. The Kier molecular flexibility index (Phi) is 14.5. The van der Waals surface area contributed by atoms with Crippen molar-refractivity contribution in [2.75, 3.05) is 33.4 Å². The number of hydrogen-bond acceptors (Lipinski definition) is 7. The molecule has 1 N–H and O–H groups in total. The number of esters is 1. The zero-order valence-corrected chi connectivity index (χ0v) is 31.3. The maximum absolute atomic E-state index is 12.3. The lowest BCUT2D eigenvalue weighted by atomic mass is 9.91. The van der Waals surface area contributed by atoms with Crippen LogP contribution in [-0.2, 0) is 20.7 Å². The summed E-state index contributed by atoms with van der Waals surface area (Å²) in [7, 11) is 2.14. The van der Waals surface area contributed by atoms with Crippen molar-refractivity contribution in [2.24, 2.45) is 0 Å². The number of halogens is 2. The van der Waals surface area contributed by atoms with Gasteiger partial charge in [-0.15, -0.1) is 0 Å². The Morgan fingerprint density at radius 3 is 1.71 bits per heavy atom. The Morgan fingerprint density at radius 2 is 1.24 bits per heavy atom. The van der Waals surface area contributed by atoms with Gasteiger partial charge in [-0.2, -0.15) is 0 Å². The van der Waals surface area contributed by atoms with Crippen LogP contribution in [0.1, 0.15) is 67.1 Å². The zero-order valence-electron chi connectivity index (χ0n) is 29.8. The summed E-state index contributed by atoms with van der Waals surface area (Å²) in [5.74, 6) is -0.456. The minimum atomic E-state index is -0.722. The van der Waals surface area contributed by atoms with E-state index in [0.717, 1.165) is 25.9 Å². The molecule has 0 saturated heterocycles. The number of nitrogens with one attached hydrogen (secondary N) is 1. The fourth-order valence-corrected chi connectivity index (χ4v) is 5.59. The third-order valence-corrected chi connectivity index (χ3v) is 8.52. The zero-order chi connectivity index (χ0) is 37.0. The van der Waals surface area contributed by atoms with E-state index in [4.69, 9.17) is 37.4 Å². The van der Waals surface area contributed by atoms with E-state index < -0.39 is 29.3 Å². The van der Waals surface area contributed by atoms with Gasteiger partial charge >= 0.3 is 5.97 Å². The van der Waals surface area contributed by atoms with Crippen molar-refractivity contribution in [2.45, 2.75) is 58.1 Å². The molecule has 4 aromatic rings. The monoisotopic (exact) mass is 732 g/mol. The predicted molar refractivity (Wildman–Crippen MR) is 202 cm³/mol. The normalized spacial score (nSPS) is 12.0. The molecule has 0 fully saturated rings. The summed E-state index contributed by atoms with van der Waals surface area (Å²) in [4.78, 5) is 38.5. The summed E-state index contributed by atoms with van der Waals surface area (Å²) in [6, 6.07) is 29.8. The molecule has 0 bridgehead atoms. The standard InChI is InChI=1S/C41H46Cl2N2O6/c1-28(46)39(47)44-35(27-50-37-22-14-32(15-23-37)40(48)51-41(2,3)4)26-49-36-20-8-29(9-21-36)7-6-24-45(5)25-38(30-10-16-33(42)17-11-30)31-12-18-34(43)19-13-31/h8-23,35,38H,6-7,24-27H2,1-5H3,(H,44,47). The lowest BCUT2D eigenvalue weighted by Gasteiger charge is -2.25. The average Bonchev–Trinajstić information content (AvgIpc) is 3.09. The smallest absolute Gasteiger partial charge is 0.338 e. The fraction of sp³-hybridized carbons (Fsp3) is 0.341. The molecule has 51 heavy (non-hydrogen) atoms. The van der Waals surface area contributed by atoms with Gasteiger partial charge in [-0.3, -0.25) is 9.59 Å². The Balaban J connectivity index is 1.27. The van der Waals surface area contributed by atoms with E-state index >= 15 is 0 Å². The molecule has 0 heterocycles. The first kappa shape index (κ1) is 39.4. The van der Waals surface area contributed by atoms with Crippen LogP contribution in [0.5, 0.6) is 11.5 Å². The lowest BCUT2D eigenvalue weighted by molar-refractivity contribution is -0.137. The summed E-state index contributed by atoms with van der Waals surface area (Å²) in [6.07, 6.45) is 1.87. The second-order valence-corrected chi connectivity index (χ2v) is 14.4. The quantitative estimate of drug-likeness (QED) is 0.0865. The summed E-state index contributed by atoms with van der Waals surface area (Å²) in [6.45, 7) is 8.52. The minimum Gasteiger partial charge on any atom is -0.491 e. The summed E-state index contributed by atoms with van der Waals surface area (Å²) >= 11 is 12.3. The first-order valence-corrected chi connectivity index (χ1v) is 17.7. The Labute approximate surface area is 311 Å². The van der Waals surface area contributed by atoms with Gasteiger partial charge in [0.1, 0.15) is 30.3 Å². The summed E-state index contributed by atoms with van der Waals surface area (Å²) in [5.41, 5.74) is 3.38. The first-order chi connectivity index (χ1) is 24.3. The molecular weight excluding hydrogens is 687 g/mol. The summed E-state index contributed by atoms with van der Waals surface area (Å²) in [5, 5.41) is 4.10. The second-order valence-electron chi connectivity index (χ2n) is 13.5. The highest BCUT2D eigenvalue weighted by Crippen LogP contribution is 2.28. The second kappa shape index (κ2) is 18.7. The number of ether oxygens (including phenoxy) is 3. The highest BCUT2D eigenvalue weighted by molar-refractivity contribution is 6.35. The van der Waals surface area contributed by atoms with Crippen molar-refractivity contribution >= 4 is 40.9 Å². The van der Waals surface area contributed by atoms with E-state index in [1.165, 1.54) is 23.6 Å². The molecule has 1 amide bonds. The van der Waals surface area contributed by atoms with Gasteiger partial charge in [0, 0.05) is 29.4 Å². The number of amides is 1. The molecule has 0 aliphatic heterocycles. The van der Waals surface area contributed by atoms with Crippen LogP contribution >= 0.6 is 23.2 Å². The molecule has 0 radical (unpaired) electrons. The largest absolute Gasteiger partial charge is 0.491 e. The van der Waals surface area contributed by atoms with Crippen molar-refractivity contribution < 1.29 is 28.6 Å². The van der Waals surface area contributed by atoms with Gasteiger partial charge in [-0.05, 0) is 125 Å². The van der Waals surface area contributed by atoms with Crippen molar-refractivity contribution in [3.05, 3.63) is 129 Å². The molecule has 0 aromatic heterocycles. The van der Waals surface area contributed by atoms with Crippen molar-refractivity contribution in [1.29, 1.82) is 0 Å². The van der Waals surface area contributed by atoms with Gasteiger partial charge in [0.25, 0.3) is 5.91 Å². The first-order valence-electron chi connectivity index (χ1n) is 16.9. The number of aryl methyl sites for hydroxylation is 1. The van der Waals surface area contributed by atoms with Crippen LogP contribution in [0.2, 0.25) is 10.0 Å². The van der Waals surface area contributed by atoms with E-state index in [2.05, 4.69) is 41.5 Å². The van der Waals surface area contributed by atoms with Crippen molar-refractivity contribution in [3.63, 3.8) is 0 Å². The molecule has 270 valence electrons. The average molecular weight is 734 g/mol. The van der Waals surface area contributed by atoms with E-state index in [0.29, 0.717) is 27.1 Å². The molecule has 8 nitrogen and oxygen atoms in total. The topological polar surface area (TPSA) is 94.2 Å². The Bertz CT molecular complexity index is 1680. The summed E-state index contributed by atoms with van der Waals surface area (Å²) < 4.78 is 17.2. The van der Waals surface area contributed by atoms with Crippen LogP contribution in [0.3, 0.4) is 0 Å². The van der Waals surface area contributed by atoms with Gasteiger partial charge in [0.2, 0.25) is 5.78 Å². The molecule has 1 unspecified atom stereocenters. The molecule has 0 spiro atoms. The number of hydrogen-bond donors (Lipinski definition) is 1. The Morgan fingerprint density at radius 1 is 0.745 bits per heavy atom. The predicted octanol–water partition coefficient (Wildman–Crippen LogP) is 8.18. The third kappa shape index (κ3) is 13.4. The number of likely N-dealkylation sites (N-methyl/N-ethyl adjacent to an activating group) is 1. The number of Topliss-reactive ketones (excluding diaryl/α,β-unsaturated/α-hetero) is 1. The third-order valence-electron chi connectivity index (χ3n) is 8.01. The maximum Gasteiger partial charge on any atom is 0.338 e. The number of ketones is 1. The molecule has 0 aliphatic carbocycles. The van der Waals surface area contributed by atoms with Gasteiger partial charge in [0.15, 0.2) is 0 Å². The van der Waals surface area contributed by atoms with E-state index in [1.807, 2.05) is 48.5 Å². The minimum absolute atomic E-state index is 0.0489. The molecule has 0 aliphatic rings. The van der Waals surface area contributed by atoms with Crippen LogP contribution in [0.15, 0.2) is 97.1 Å². The van der Waals surface area contributed by atoms with E-state index in [1.54, 1.807) is 45.0 Å². The highest BCUT2D eigenvalue weighted by Gasteiger charge is 2.20. The SMILES string of the molecule is CC(=O)C(=O)NC(COc1ccc(CCCN(C)CC(c2ccc(Cl)cc2)c2ccc(Cl)cc2)cc1)COc1ccc(C(=O)OC(C)(C)C)cc1. The molecular formula is C41H46Cl2N2O6. The fourth-order valence-electron chi connectivity index (χ4n) is 5.34.